The van der Waals surface area contributed by atoms with E-state index in [1.54, 1.807) is 26.0 Å². The zero-order valence-corrected chi connectivity index (χ0v) is 5.56. The molecule has 48 valence electrons. The lowest BCUT2D eigenvalue weighted by atomic mass is 10.2. The third-order valence-corrected chi connectivity index (χ3v) is 1.04. The largest absolute Gasteiger partial charge is 0.326 e. The Labute approximate surface area is 59.5 Å². The van der Waals surface area contributed by atoms with Crippen LogP contribution < -0.4 is 0 Å². The summed E-state index contributed by atoms with van der Waals surface area (Å²) in [6, 6.07) is 3.08. The molecule has 1 rings (SSSR count). The number of hydrogen-bond donors (Lipinski definition) is 0. The van der Waals surface area contributed by atoms with Crippen molar-refractivity contribution in [3.63, 3.8) is 0 Å². The molecule has 0 aliphatic heterocycles. The summed E-state index contributed by atoms with van der Waals surface area (Å²) in [6.45, 7) is 1.44. The summed E-state index contributed by atoms with van der Waals surface area (Å²) in [5.41, 5.74) is 0.337. The molecule has 1 nitrogen and oxygen atoms in total. The van der Waals surface area contributed by atoms with E-state index in [1.165, 1.54) is 0 Å². The third kappa shape index (κ3) is 1.53. The van der Waals surface area contributed by atoms with Gasteiger partial charge in [-0.25, -0.2) is 4.42 Å². The van der Waals surface area contributed by atoms with Crippen molar-refractivity contribution in [1.82, 2.24) is 0 Å². The third-order valence-electron chi connectivity index (χ3n) is 1.04. The Morgan fingerprint density at radius 3 is 2.33 bits per heavy atom. The van der Waals surface area contributed by atoms with E-state index in [9.17, 15) is 0 Å². The van der Waals surface area contributed by atoms with Crippen molar-refractivity contribution in [2.45, 2.75) is 20.7 Å². The van der Waals surface area contributed by atoms with Crippen LogP contribution in [-0.2, 0) is 0 Å². The van der Waals surface area contributed by atoms with E-state index in [-0.39, 0.29) is 0 Å². The Bertz CT molecular complexity index is 271. The van der Waals surface area contributed by atoms with Gasteiger partial charge in [-0.3, -0.25) is 0 Å². The second-order valence-electron chi connectivity index (χ2n) is 2.07. The maximum atomic E-state index is 7.16. The molecule has 0 bridgehead atoms. The summed E-state index contributed by atoms with van der Waals surface area (Å²) in [5, 5.41) is 0. The quantitative estimate of drug-likeness (QED) is 0.486. The van der Waals surface area contributed by atoms with Crippen LogP contribution in [0, 0.1) is 20.7 Å². The van der Waals surface area contributed by atoms with Crippen LogP contribution in [0.4, 0.5) is 0 Å². The SMILES string of the molecule is [2H]C([2H])([2H])c1cc(C)[o+]c(C)c1. The molecule has 0 fully saturated rings. The van der Waals surface area contributed by atoms with E-state index >= 15 is 0 Å². The fraction of sp³-hybridized carbons (Fsp3) is 0.375. The first-order valence-corrected chi connectivity index (χ1v) is 2.81. The Balaban J connectivity index is 3.18. The lowest BCUT2D eigenvalue weighted by molar-refractivity contribution is 0.484. The highest BCUT2D eigenvalue weighted by Gasteiger charge is 2.03. The molecular formula is C8H11O+. The van der Waals surface area contributed by atoms with Crippen molar-refractivity contribution in [1.29, 1.82) is 0 Å². The maximum Gasteiger partial charge on any atom is 0.326 e. The average molecular weight is 126 g/mol. The molecule has 0 radical (unpaired) electrons. The Hall–Kier alpha value is -0.850. The van der Waals surface area contributed by atoms with E-state index in [1.807, 2.05) is 0 Å². The van der Waals surface area contributed by atoms with Crippen LogP contribution in [0.5, 0.6) is 0 Å². The van der Waals surface area contributed by atoms with Crippen LogP contribution in [0.3, 0.4) is 0 Å². The number of aryl methyl sites for hydroxylation is 3. The first kappa shape index (κ1) is 3.35. The second kappa shape index (κ2) is 2.18. The van der Waals surface area contributed by atoms with Gasteiger partial charge in [-0.1, -0.05) is 0 Å². The predicted molar refractivity (Wildman–Crippen MR) is 37.3 cm³/mol. The van der Waals surface area contributed by atoms with Gasteiger partial charge in [-0.05, 0) is 12.4 Å². The van der Waals surface area contributed by atoms with Crippen molar-refractivity contribution < 1.29 is 8.53 Å². The van der Waals surface area contributed by atoms with E-state index in [2.05, 4.69) is 0 Å². The average Bonchev–Trinajstić information content (AvgIpc) is 1.82. The number of hydrogen-bond acceptors (Lipinski definition) is 0. The van der Waals surface area contributed by atoms with Gasteiger partial charge in [0, 0.05) is 16.2 Å². The monoisotopic (exact) mass is 126 g/mol. The highest BCUT2D eigenvalue weighted by Crippen LogP contribution is 2.06. The minimum atomic E-state index is -2.04. The molecule has 1 aromatic heterocycles. The molecule has 0 aromatic carbocycles. The van der Waals surface area contributed by atoms with Crippen molar-refractivity contribution in [3.05, 3.63) is 29.2 Å². The first-order chi connectivity index (χ1) is 5.39. The van der Waals surface area contributed by atoms with Gasteiger partial charge >= 0.3 is 11.5 Å². The summed E-state index contributed by atoms with van der Waals surface area (Å²) < 4.78 is 26.6. The zero-order valence-electron chi connectivity index (χ0n) is 8.56. The molecule has 1 aromatic rings. The van der Waals surface area contributed by atoms with Crippen molar-refractivity contribution in [2.24, 2.45) is 0 Å². The van der Waals surface area contributed by atoms with Gasteiger partial charge in [0.1, 0.15) is 0 Å². The normalized spacial score (nSPS) is 16.0. The Morgan fingerprint density at radius 1 is 1.33 bits per heavy atom. The van der Waals surface area contributed by atoms with Gasteiger partial charge in [-0.2, -0.15) is 0 Å². The lowest BCUT2D eigenvalue weighted by Gasteiger charge is -1.84. The van der Waals surface area contributed by atoms with Gasteiger partial charge in [0.05, 0.1) is 13.8 Å². The summed E-state index contributed by atoms with van der Waals surface area (Å²) in [4.78, 5) is 0. The molecule has 9 heavy (non-hydrogen) atoms. The smallest absolute Gasteiger partial charge is 0.218 e. The molecule has 1 heteroatoms. The molecule has 0 aliphatic carbocycles. The molecule has 0 saturated carbocycles. The summed E-state index contributed by atoms with van der Waals surface area (Å²) >= 11 is 0. The molecule has 0 atom stereocenters. The topological polar surface area (TPSA) is 11.3 Å². The molecular weight excluding hydrogens is 112 g/mol. The van der Waals surface area contributed by atoms with E-state index in [0.29, 0.717) is 17.1 Å². The molecule has 1 heterocycles. The minimum absolute atomic E-state index is 0.337. The number of rotatable bonds is 0. The van der Waals surface area contributed by atoms with Crippen LogP contribution in [0.2, 0.25) is 0 Å². The molecule has 0 spiro atoms. The first-order valence-electron chi connectivity index (χ1n) is 4.31. The van der Waals surface area contributed by atoms with Crippen LogP contribution >= 0.6 is 0 Å². The van der Waals surface area contributed by atoms with Crippen molar-refractivity contribution in [3.8, 4) is 0 Å². The van der Waals surface area contributed by atoms with E-state index in [0.717, 1.165) is 0 Å². The molecule has 0 N–H and O–H groups in total. The summed E-state index contributed by atoms with van der Waals surface area (Å²) in [6.07, 6.45) is 0. The molecule has 0 unspecified atom stereocenters. The van der Waals surface area contributed by atoms with E-state index in [4.69, 9.17) is 8.53 Å². The standard InChI is InChI=1S/C8H11O/c1-6-4-7(2)9-8(3)5-6/h4-5H,1-3H3/q+1/i1D3. The van der Waals surface area contributed by atoms with Gasteiger partial charge in [-0.15, -0.1) is 0 Å². The molecule has 0 amide bonds. The van der Waals surface area contributed by atoms with Gasteiger partial charge < -0.3 is 0 Å². The fourth-order valence-electron chi connectivity index (χ4n) is 0.792. The lowest BCUT2D eigenvalue weighted by Crippen LogP contribution is -1.78. The molecule has 0 saturated heterocycles. The second-order valence-corrected chi connectivity index (χ2v) is 2.07. The van der Waals surface area contributed by atoms with Crippen LogP contribution in [0.1, 0.15) is 21.2 Å². The van der Waals surface area contributed by atoms with E-state index < -0.39 is 6.85 Å². The van der Waals surface area contributed by atoms with Gasteiger partial charge in [0.2, 0.25) is 0 Å². The Morgan fingerprint density at radius 2 is 1.89 bits per heavy atom. The fourth-order valence-corrected chi connectivity index (χ4v) is 0.792. The Kier molecular flexibility index (Phi) is 0.810. The van der Waals surface area contributed by atoms with Crippen LogP contribution in [0.15, 0.2) is 16.5 Å². The zero-order chi connectivity index (χ0) is 9.35. The molecule has 0 aliphatic rings. The van der Waals surface area contributed by atoms with Crippen LogP contribution in [0.25, 0.3) is 0 Å². The van der Waals surface area contributed by atoms with Crippen molar-refractivity contribution in [2.75, 3.05) is 0 Å². The summed E-state index contributed by atoms with van der Waals surface area (Å²) in [7, 11) is 0. The highest BCUT2D eigenvalue weighted by atomic mass is 16.3. The summed E-state index contributed by atoms with van der Waals surface area (Å²) in [5.74, 6) is 1.25. The van der Waals surface area contributed by atoms with Crippen molar-refractivity contribution >= 4 is 0 Å². The minimum Gasteiger partial charge on any atom is -0.218 e. The van der Waals surface area contributed by atoms with Gasteiger partial charge in [0.15, 0.2) is 0 Å². The van der Waals surface area contributed by atoms with Crippen LogP contribution in [-0.4, -0.2) is 0 Å². The van der Waals surface area contributed by atoms with Gasteiger partial charge in [0.25, 0.3) is 0 Å². The predicted octanol–water partition coefficient (Wildman–Crippen LogP) is 2.49. The maximum absolute atomic E-state index is 7.16. The highest BCUT2D eigenvalue weighted by molar-refractivity contribution is 5.14.